The van der Waals surface area contributed by atoms with Gasteiger partial charge in [-0.05, 0) is 65.6 Å². The molecule has 4 heterocycles. The highest BCUT2D eigenvalue weighted by Gasteiger charge is 2.36. The third kappa shape index (κ3) is 4.22. The van der Waals surface area contributed by atoms with Crippen LogP contribution in [0.4, 0.5) is 14.7 Å². The molecule has 1 N–H and O–H groups in total. The van der Waals surface area contributed by atoms with E-state index in [1.807, 2.05) is 30.5 Å². The summed E-state index contributed by atoms with van der Waals surface area (Å²) < 4.78 is 41.8. The second-order valence-corrected chi connectivity index (χ2v) is 10.2. The third-order valence-corrected chi connectivity index (χ3v) is 7.87. The number of ether oxygens (including phenoxy) is 2. The Morgan fingerprint density at radius 3 is 2.72 bits per heavy atom. The number of imidazole rings is 1. The quantitative estimate of drug-likeness (QED) is 0.288. The number of morpholine rings is 1. The van der Waals surface area contributed by atoms with Crippen molar-refractivity contribution in [3.63, 3.8) is 0 Å². The molecule has 2 atom stereocenters. The Hall–Kier alpha value is -4.26. The number of nitriles is 1. The fourth-order valence-electron chi connectivity index (χ4n) is 6.11. The number of benzene rings is 3. The highest BCUT2D eigenvalue weighted by molar-refractivity contribution is 5.96. The summed E-state index contributed by atoms with van der Waals surface area (Å²) in [7, 11) is 0. The van der Waals surface area contributed by atoms with Crippen LogP contribution in [0.1, 0.15) is 34.7 Å². The van der Waals surface area contributed by atoms with Gasteiger partial charge in [-0.3, -0.25) is 10.2 Å². The van der Waals surface area contributed by atoms with Gasteiger partial charge in [0.1, 0.15) is 24.0 Å². The summed E-state index contributed by atoms with van der Waals surface area (Å²) in [6, 6.07) is 15.6. The van der Waals surface area contributed by atoms with Crippen molar-refractivity contribution in [3.8, 4) is 11.9 Å². The van der Waals surface area contributed by atoms with Gasteiger partial charge in [0.05, 0.1) is 30.3 Å². The van der Waals surface area contributed by atoms with E-state index >= 15 is 0 Å². The van der Waals surface area contributed by atoms with E-state index in [0.717, 1.165) is 66.0 Å². The van der Waals surface area contributed by atoms with Crippen LogP contribution in [0.25, 0.3) is 22.7 Å². The van der Waals surface area contributed by atoms with Crippen LogP contribution < -0.4 is 10.1 Å². The maximum Gasteiger partial charge on any atom is 0.217 e. The van der Waals surface area contributed by atoms with E-state index in [1.165, 1.54) is 24.3 Å². The van der Waals surface area contributed by atoms with E-state index in [4.69, 9.17) is 14.5 Å². The number of halogens is 2. The Labute approximate surface area is 223 Å². The molecule has 0 radical (unpaired) electrons. The van der Waals surface area contributed by atoms with Crippen LogP contribution in [-0.2, 0) is 11.3 Å². The average Bonchev–Trinajstić information content (AvgIpc) is 3.47. The van der Waals surface area contributed by atoms with E-state index in [0.29, 0.717) is 23.3 Å². The maximum absolute atomic E-state index is 14.1. The largest absolute Gasteiger partial charge is 0.488 e. The maximum atomic E-state index is 14.1. The van der Waals surface area contributed by atoms with Crippen molar-refractivity contribution in [3.05, 3.63) is 88.5 Å². The molecule has 4 aromatic rings. The van der Waals surface area contributed by atoms with E-state index in [1.54, 1.807) is 12.1 Å². The lowest BCUT2D eigenvalue weighted by atomic mass is 9.92. The van der Waals surface area contributed by atoms with Crippen molar-refractivity contribution >= 4 is 28.6 Å². The lowest BCUT2D eigenvalue weighted by Gasteiger charge is -2.28. The summed E-state index contributed by atoms with van der Waals surface area (Å²) in [6.07, 6.45) is 4.95. The fraction of sp³-hybridized carbons (Fsp3) is 0.267. The summed E-state index contributed by atoms with van der Waals surface area (Å²) in [5.41, 5.74) is 5.61. The first-order valence-electron chi connectivity index (χ1n) is 13.0. The van der Waals surface area contributed by atoms with Crippen LogP contribution in [0.2, 0.25) is 0 Å². The molecule has 2 saturated heterocycles. The summed E-state index contributed by atoms with van der Waals surface area (Å²) in [5.74, 6) is 0.176. The summed E-state index contributed by atoms with van der Waals surface area (Å²) >= 11 is 0. The first kappa shape index (κ1) is 23.8. The molecule has 3 aliphatic rings. The average molecular weight is 526 g/mol. The lowest BCUT2D eigenvalue weighted by Crippen LogP contribution is -2.40. The molecule has 0 unspecified atom stereocenters. The molecule has 3 aromatic carbocycles. The first-order valence-corrected chi connectivity index (χ1v) is 13.0. The van der Waals surface area contributed by atoms with Crippen LogP contribution >= 0.6 is 0 Å². The van der Waals surface area contributed by atoms with Crippen LogP contribution in [-0.4, -0.2) is 46.8 Å². The molecule has 2 fully saturated rings. The van der Waals surface area contributed by atoms with Crippen LogP contribution in [0.3, 0.4) is 0 Å². The summed E-state index contributed by atoms with van der Waals surface area (Å²) in [6.45, 7) is 3.39. The Morgan fingerprint density at radius 2 is 1.87 bits per heavy atom. The molecule has 39 heavy (non-hydrogen) atoms. The molecule has 0 bridgehead atoms. The van der Waals surface area contributed by atoms with Crippen molar-refractivity contribution in [2.24, 2.45) is 0 Å². The van der Waals surface area contributed by atoms with Gasteiger partial charge in [-0.2, -0.15) is 5.26 Å². The van der Waals surface area contributed by atoms with Gasteiger partial charge in [0, 0.05) is 36.3 Å². The second kappa shape index (κ2) is 9.49. The zero-order valence-corrected chi connectivity index (χ0v) is 21.0. The van der Waals surface area contributed by atoms with Gasteiger partial charge in [0.15, 0.2) is 6.19 Å². The molecular weight excluding hydrogens is 500 g/mol. The number of nitrogens with one attached hydrogen (secondary N) is 1. The monoisotopic (exact) mass is 525 g/mol. The number of rotatable bonds is 3. The van der Waals surface area contributed by atoms with Crippen molar-refractivity contribution in [1.29, 1.82) is 5.26 Å². The van der Waals surface area contributed by atoms with Crippen molar-refractivity contribution < 1.29 is 18.3 Å². The normalized spacial score (nSPS) is 21.5. The fourth-order valence-corrected chi connectivity index (χ4v) is 6.11. The van der Waals surface area contributed by atoms with Crippen molar-refractivity contribution in [1.82, 2.24) is 14.5 Å². The van der Waals surface area contributed by atoms with Gasteiger partial charge >= 0.3 is 0 Å². The lowest BCUT2D eigenvalue weighted by molar-refractivity contribution is 0.0128. The van der Waals surface area contributed by atoms with E-state index in [2.05, 4.69) is 14.8 Å². The van der Waals surface area contributed by atoms with E-state index < -0.39 is 5.82 Å². The van der Waals surface area contributed by atoms with Crippen LogP contribution in [0, 0.1) is 23.1 Å². The predicted molar refractivity (Wildman–Crippen MR) is 143 cm³/mol. The molecule has 0 spiro atoms. The van der Waals surface area contributed by atoms with E-state index in [-0.39, 0.29) is 18.5 Å². The molecule has 9 heteroatoms. The van der Waals surface area contributed by atoms with Crippen molar-refractivity contribution in [2.45, 2.75) is 25.1 Å². The Bertz CT molecular complexity index is 1600. The Balaban J connectivity index is 1.33. The molecule has 3 aliphatic heterocycles. The molecule has 0 saturated carbocycles. The predicted octanol–water partition coefficient (Wildman–Crippen LogP) is 5.33. The van der Waals surface area contributed by atoms with Crippen LogP contribution in [0.5, 0.6) is 5.75 Å². The van der Waals surface area contributed by atoms with Gasteiger partial charge in [-0.15, -0.1) is 0 Å². The smallest absolute Gasteiger partial charge is 0.217 e. The second-order valence-electron chi connectivity index (χ2n) is 10.2. The van der Waals surface area contributed by atoms with Crippen LogP contribution in [0.15, 0.2) is 54.6 Å². The highest BCUT2D eigenvalue weighted by Crippen LogP contribution is 2.39. The standard InChI is InChI=1S/C30H25F2N5O2/c31-20-2-4-24-19(11-20)15-39-29-12-21(32)3-5-25(29)26(24)9-18-1-6-28-27(10-18)35-30(34-17-33)37(28)22-13-23-16-38-8-7-36(23)14-22/h1-6,9-12,22-23H,7-8,13-16H2,(H,34,35)/t22-,23+/m1/s1. The van der Waals surface area contributed by atoms with Gasteiger partial charge in [-0.25, -0.2) is 13.8 Å². The number of anilines is 1. The molecule has 7 rings (SSSR count). The summed E-state index contributed by atoms with van der Waals surface area (Å²) in [5, 5.41) is 12.2. The van der Waals surface area contributed by atoms with Gasteiger partial charge in [0.2, 0.25) is 5.95 Å². The number of hydrogen-bond acceptors (Lipinski definition) is 6. The number of hydrogen-bond donors (Lipinski definition) is 1. The SMILES string of the molecule is N#CNc1nc2cc(C=C3c4ccc(F)cc4COc4cc(F)ccc43)ccc2n1[C@@H]1C[C@H]2COCCN2C1. The number of fused-ring (bicyclic) bond motifs is 4. The zero-order chi connectivity index (χ0) is 26.5. The Morgan fingerprint density at radius 1 is 1.03 bits per heavy atom. The molecule has 0 aliphatic carbocycles. The third-order valence-electron chi connectivity index (χ3n) is 7.87. The van der Waals surface area contributed by atoms with E-state index in [9.17, 15) is 14.0 Å². The zero-order valence-electron chi connectivity index (χ0n) is 21.0. The van der Waals surface area contributed by atoms with Gasteiger partial charge < -0.3 is 14.0 Å². The minimum atomic E-state index is -0.399. The topological polar surface area (TPSA) is 75.3 Å². The molecule has 7 nitrogen and oxygen atoms in total. The number of aromatic nitrogens is 2. The van der Waals surface area contributed by atoms with Crippen molar-refractivity contribution in [2.75, 3.05) is 31.6 Å². The minimum absolute atomic E-state index is 0.137. The van der Waals surface area contributed by atoms with Gasteiger partial charge in [-0.1, -0.05) is 12.1 Å². The molecular formula is C30H25F2N5O2. The Kier molecular flexibility index (Phi) is 5.80. The number of nitrogens with zero attached hydrogens (tertiary/aromatic N) is 4. The highest BCUT2D eigenvalue weighted by atomic mass is 19.1. The molecule has 196 valence electrons. The minimum Gasteiger partial charge on any atom is -0.488 e. The molecule has 0 amide bonds. The molecule has 1 aromatic heterocycles. The van der Waals surface area contributed by atoms with Gasteiger partial charge in [0.25, 0.3) is 0 Å². The first-order chi connectivity index (χ1) is 19.1. The summed E-state index contributed by atoms with van der Waals surface area (Å²) in [4.78, 5) is 7.22.